The number of amides is 1. The fourth-order valence-corrected chi connectivity index (χ4v) is 1.71. The van der Waals surface area contributed by atoms with E-state index in [4.69, 9.17) is 16.4 Å². The Hall–Kier alpha value is -2.40. The Balaban J connectivity index is 1.89. The predicted octanol–water partition coefficient (Wildman–Crippen LogP) is 3.86. The van der Waals surface area contributed by atoms with Crippen LogP contribution < -0.4 is 5.32 Å². The topological polar surface area (TPSA) is 50.7 Å². The molecule has 0 radical (unpaired) electrons. The first-order chi connectivity index (χ1) is 10.6. The molecule has 1 amide bonds. The number of benzene rings is 2. The second kappa shape index (κ2) is 7.56. The quantitative estimate of drug-likeness (QED) is 0.672. The molecule has 114 valence electrons. The number of carbonyl (C=O) groups excluding carboxylic acids is 1. The number of hydrogen-bond acceptors (Lipinski definition) is 3. The van der Waals surface area contributed by atoms with Gasteiger partial charge in [-0.25, -0.2) is 4.39 Å². The van der Waals surface area contributed by atoms with Crippen LogP contribution in [0.5, 0.6) is 0 Å². The number of anilines is 1. The molecular weight excluding hydrogens is 307 g/mol. The highest BCUT2D eigenvalue weighted by molar-refractivity contribution is 6.30. The first kappa shape index (κ1) is 16.0. The van der Waals surface area contributed by atoms with E-state index in [-0.39, 0.29) is 11.5 Å². The second-order valence-electron chi connectivity index (χ2n) is 4.50. The number of oxime groups is 1. The minimum Gasteiger partial charge on any atom is -0.383 e. The molecule has 22 heavy (non-hydrogen) atoms. The van der Waals surface area contributed by atoms with Gasteiger partial charge in [0, 0.05) is 16.3 Å². The molecule has 2 rings (SSSR count). The number of nitrogens with one attached hydrogen (secondary N) is 1. The van der Waals surface area contributed by atoms with Gasteiger partial charge in [-0.3, -0.25) is 4.79 Å². The molecule has 1 atom stereocenters. The lowest BCUT2D eigenvalue weighted by molar-refractivity contribution is -0.126. The summed E-state index contributed by atoms with van der Waals surface area (Å²) in [5.74, 6) is -0.777. The van der Waals surface area contributed by atoms with E-state index < -0.39 is 11.9 Å². The van der Waals surface area contributed by atoms with Gasteiger partial charge in [-0.1, -0.05) is 35.0 Å². The summed E-state index contributed by atoms with van der Waals surface area (Å²) in [6.07, 6.45) is 0.403. The Bertz CT molecular complexity index is 674. The average Bonchev–Trinajstić information content (AvgIpc) is 2.51. The molecule has 0 saturated carbocycles. The Kier molecular flexibility index (Phi) is 5.49. The molecule has 0 aromatic heterocycles. The fourth-order valence-electron chi connectivity index (χ4n) is 1.58. The predicted molar refractivity (Wildman–Crippen MR) is 84.6 cm³/mol. The SMILES string of the molecule is C[C@@H](O/N=C\c1ccccc1F)C(=O)Nc1ccc(Cl)cc1. The Labute approximate surface area is 132 Å². The van der Waals surface area contributed by atoms with Crippen molar-refractivity contribution in [3.8, 4) is 0 Å². The minimum absolute atomic E-state index is 0.285. The van der Waals surface area contributed by atoms with Gasteiger partial charge in [0.2, 0.25) is 6.10 Å². The third-order valence-electron chi connectivity index (χ3n) is 2.80. The molecule has 0 fully saturated rings. The lowest BCUT2D eigenvalue weighted by Gasteiger charge is -2.10. The average molecular weight is 321 g/mol. The van der Waals surface area contributed by atoms with Crippen LogP contribution >= 0.6 is 11.6 Å². The smallest absolute Gasteiger partial charge is 0.267 e. The molecule has 2 aromatic rings. The van der Waals surface area contributed by atoms with Gasteiger partial charge < -0.3 is 10.2 Å². The van der Waals surface area contributed by atoms with Crippen molar-refractivity contribution in [3.05, 3.63) is 64.9 Å². The lowest BCUT2D eigenvalue weighted by Crippen LogP contribution is -2.26. The highest BCUT2D eigenvalue weighted by atomic mass is 35.5. The Morgan fingerprint density at radius 3 is 2.64 bits per heavy atom. The van der Waals surface area contributed by atoms with Crippen molar-refractivity contribution in [1.29, 1.82) is 0 Å². The van der Waals surface area contributed by atoms with E-state index in [0.29, 0.717) is 10.7 Å². The molecular formula is C16H14ClFN2O2. The van der Waals surface area contributed by atoms with Crippen LogP contribution in [-0.2, 0) is 9.63 Å². The van der Waals surface area contributed by atoms with Crippen molar-refractivity contribution in [3.63, 3.8) is 0 Å². The maximum absolute atomic E-state index is 13.4. The van der Waals surface area contributed by atoms with Crippen LogP contribution in [0.4, 0.5) is 10.1 Å². The minimum atomic E-state index is -0.821. The van der Waals surface area contributed by atoms with Crippen LogP contribution in [0.25, 0.3) is 0 Å². The fraction of sp³-hybridized carbons (Fsp3) is 0.125. The van der Waals surface area contributed by atoms with Crippen molar-refractivity contribution in [2.45, 2.75) is 13.0 Å². The van der Waals surface area contributed by atoms with Gasteiger partial charge in [-0.05, 0) is 37.3 Å². The molecule has 1 N–H and O–H groups in total. The third kappa shape index (κ3) is 4.56. The molecule has 0 heterocycles. The van der Waals surface area contributed by atoms with Gasteiger partial charge in [0.15, 0.2) is 0 Å². The zero-order valence-corrected chi connectivity index (χ0v) is 12.5. The number of nitrogens with zero attached hydrogens (tertiary/aromatic N) is 1. The van der Waals surface area contributed by atoms with Crippen molar-refractivity contribution in [2.75, 3.05) is 5.32 Å². The first-order valence-corrected chi connectivity index (χ1v) is 6.94. The van der Waals surface area contributed by atoms with Gasteiger partial charge in [-0.2, -0.15) is 0 Å². The van der Waals surface area contributed by atoms with Gasteiger partial charge in [0.05, 0.1) is 6.21 Å². The van der Waals surface area contributed by atoms with E-state index in [1.54, 1.807) is 49.4 Å². The highest BCUT2D eigenvalue weighted by Gasteiger charge is 2.14. The van der Waals surface area contributed by atoms with Gasteiger partial charge in [0.1, 0.15) is 5.82 Å². The molecule has 2 aromatic carbocycles. The van der Waals surface area contributed by atoms with Crippen molar-refractivity contribution in [2.24, 2.45) is 5.16 Å². The van der Waals surface area contributed by atoms with Crippen LogP contribution in [0.15, 0.2) is 53.7 Å². The summed E-state index contributed by atoms with van der Waals surface area (Å²) < 4.78 is 13.4. The molecule has 0 aliphatic heterocycles. The molecule has 4 nitrogen and oxygen atoms in total. The van der Waals surface area contributed by atoms with Crippen molar-refractivity contribution in [1.82, 2.24) is 0 Å². The van der Waals surface area contributed by atoms with Crippen molar-refractivity contribution < 1.29 is 14.0 Å². The number of carbonyl (C=O) groups is 1. The number of hydrogen-bond donors (Lipinski definition) is 1. The zero-order valence-electron chi connectivity index (χ0n) is 11.8. The van der Waals surface area contributed by atoms with Gasteiger partial charge >= 0.3 is 0 Å². The van der Waals surface area contributed by atoms with E-state index in [1.165, 1.54) is 12.3 Å². The normalized spacial score (nSPS) is 12.1. The summed E-state index contributed by atoms with van der Waals surface area (Å²) in [7, 11) is 0. The van der Waals surface area contributed by atoms with E-state index in [9.17, 15) is 9.18 Å². The number of halogens is 2. The molecule has 6 heteroatoms. The third-order valence-corrected chi connectivity index (χ3v) is 3.05. The standard InChI is InChI=1S/C16H14ClFN2O2/c1-11(16(21)20-14-8-6-13(17)7-9-14)22-19-10-12-4-2-3-5-15(12)18/h2-11H,1H3,(H,20,21)/b19-10-/t11-/m1/s1. The Morgan fingerprint density at radius 1 is 1.27 bits per heavy atom. The van der Waals surface area contributed by atoms with Crippen LogP contribution in [0.3, 0.4) is 0 Å². The van der Waals surface area contributed by atoms with E-state index in [0.717, 1.165) is 0 Å². The van der Waals surface area contributed by atoms with E-state index in [2.05, 4.69) is 10.5 Å². The van der Waals surface area contributed by atoms with Crippen LogP contribution in [0.2, 0.25) is 5.02 Å². The second-order valence-corrected chi connectivity index (χ2v) is 4.94. The summed E-state index contributed by atoms with van der Waals surface area (Å²) in [6.45, 7) is 1.55. The summed E-state index contributed by atoms with van der Waals surface area (Å²) in [4.78, 5) is 16.9. The molecule has 0 spiro atoms. The van der Waals surface area contributed by atoms with Crippen LogP contribution in [0, 0.1) is 5.82 Å². The first-order valence-electron chi connectivity index (χ1n) is 6.56. The number of rotatable bonds is 5. The molecule has 0 unspecified atom stereocenters. The lowest BCUT2D eigenvalue weighted by atomic mass is 10.2. The van der Waals surface area contributed by atoms with Gasteiger partial charge in [-0.15, -0.1) is 0 Å². The summed E-state index contributed by atoms with van der Waals surface area (Å²) in [5, 5.41) is 6.87. The van der Waals surface area contributed by atoms with E-state index >= 15 is 0 Å². The molecule has 0 aliphatic rings. The molecule has 0 saturated heterocycles. The molecule has 0 bridgehead atoms. The summed E-state index contributed by atoms with van der Waals surface area (Å²) >= 11 is 5.76. The highest BCUT2D eigenvalue weighted by Crippen LogP contribution is 2.13. The summed E-state index contributed by atoms with van der Waals surface area (Å²) in [5.41, 5.74) is 0.885. The van der Waals surface area contributed by atoms with Crippen molar-refractivity contribution >= 4 is 29.4 Å². The van der Waals surface area contributed by atoms with E-state index in [1.807, 2.05) is 0 Å². The largest absolute Gasteiger partial charge is 0.383 e. The maximum atomic E-state index is 13.4. The van der Waals surface area contributed by atoms with Gasteiger partial charge in [0.25, 0.3) is 5.91 Å². The summed E-state index contributed by atoms with van der Waals surface area (Å²) in [6, 6.07) is 12.8. The maximum Gasteiger partial charge on any atom is 0.267 e. The monoisotopic (exact) mass is 320 g/mol. The zero-order chi connectivity index (χ0) is 15.9. The van der Waals surface area contributed by atoms with Crippen LogP contribution in [-0.4, -0.2) is 18.2 Å². The van der Waals surface area contributed by atoms with Crippen LogP contribution in [0.1, 0.15) is 12.5 Å². The Morgan fingerprint density at radius 2 is 1.95 bits per heavy atom. The molecule has 0 aliphatic carbocycles.